The maximum Gasteiger partial charge on any atom is 0.434 e. The monoisotopic (exact) mass is 439 g/mol. The zero-order valence-corrected chi connectivity index (χ0v) is 18.1. The first-order valence-electron chi connectivity index (χ1n) is 10.2. The molecule has 2 N–H and O–H groups in total. The molecule has 1 saturated heterocycles. The standard InChI is InChI=1S/C21H28F3N5S/c1-3-25-20(27-13-19-28-18(14-30-19)21(22,23)24)26-12-16-4-6-17(7-5-16)29-10-8-15(2)9-11-29/h4-7,14-15H,3,8-13H2,1-2H3,(H2,25,26,27). The summed E-state index contributed by atoms with van der Waals surface area (Å²) < 4.78 is 38.0. The Morgan fingerprint density at radius 2 is 1.90 bits per heavy atom. The molecule has 0 aliphatic carbocycles. The first-order valence-corrected chi connectivity index (χ1v) is 11.1. The van der Waals surface area contributed by atoms with Crippen LogP contribution in [0.5, 0.6) is 0 Å². The number of rotatable bonds is 6. The second-order valence-electron chi connectivity index (χ2n) is 7.51. The molecule has 1 fully saturated rings. The van der Waals surface area contributed by atoms with Gasteiger partial charge in [-0.15, -0.1) is 11.3 Å². The van der Waals surface area contributed by atoms with Crippen LogP contribution < -0.4 is 15.5 Å². The maximum atomic E-state index is 12.7. The van der Waals surface area contributed by atoms with Crippen molar-refractivity contribution < 1.29 is 13.2 Å². The molecular formula is C21H28F3N5S. The lowest BCUT2D eigenvalue weighted by Crippen LogP contribution is -2.36. The Hall–Kier alpha value is -2.29. The number of aromatic nitrogens is 1. The van der Waals surface area contributed by atoms with Crippen molar-refractivity contribution in [1.29, 1.82) is 0 Å². The van der Waals surface area contributed by atoms with Crippen LogP contribution in [0.25, 0.3) is 0 Å². The minimum atomic E-state index is -4.41. The molecule has 1 aromatic carbocycles. The molecule has 164 valence electrons. The van der Waals surface area contributed by atoms with Crippen LogP contribution in [0.1, 0.15) is 43.0 Å². The molecule has 3 rings (SSSR count). The van der Waals surface area contributed by atoms with Crippen molar-refractivity contribution in [2.24, 2.45) is 10.9 Å². The van der Waals surface area contributed by atoms with Crippen LogP contribution in [0.4, 0.5) is 18.9 Å². The lowest BCUT2D eigenvalue weighted by molar-refractivity contribution is -0.140. The fraction of sp³-hybridized carbons (Fsp3) is 0.524. The molecule has 30 heavy (non-hydrogen) atoms. The number of halogens is 3. The summed E-state index contributed by atoms with van der Waals surface area (Å²) in [6.07, 6.45) is -1.95. The highest BCUT2D eigenvalue weighted by Gasteiger charge is 2.33. The minimum absolute atomic E-state index is 0.193. The number of anilines is 1. The third-order valence-corrected chi connectivity index (χ3v) is 5.95. The van der Waals surface area contributed by atoms with Crippen molar-refractivity contribution in [2.75, 3.05) is 24.5 Å². The van der Waals surface area contributed by atoms with Gasteiger partial charge < -0.3 is 15.5 Å². The smallest absolute Gasteiger partial charge is 0.372 e. The van der Waals surface area contributed by atoms with Crippen molar-refractivity contribution in [3.05, 3.63) is 45.9 Å². The number of benzene rings is 1. The van der Waals surface area contributed by atoms with E-state index in [1.807, 2.05) is 6.92 Å². The number of thiazole rings is 1. The van der Waals surface area contributed by atoms with Gasteiger partial charge in [0.2, 0.25) is 0 Å². The van der Waals surface area contributed by atoms with E-state index in [4.69, 9.17) is 0 Å². The number of hydrogen-bond donors (Lipinski definition) is 2. The van der Waals surface area contributed by atoms with Crippen molar-refractivity contribution in [3.63, 3.8) is 0 Å². The molecule has 0 bridgehead atoms. The molecule has 9 heteroatoms. The number of aliphatic imine (C=N–C) groups is 1. The molecule has 0 amide bonds. The summed E-state index contributed by atoms with van der Waals surface area (Å²) in [5, 5.41) is 7.57. The van der Waals surface area contributed by atoms with Crippen LogP contribution in [0.15, 0.2) is 34.6 Å². The summed E-state index contributed by atoms with van der Waals surface area (Å²) in [7, 11) is 0. The zero-order valence-electron chi connectivity index (χ0n) is 17.3. The van der Waals surface area contributed by atoms with E-state index in [1.165, 1.54) is 18.5 Å². The van der Waals surface area contributed by atoms with E-state index in [0.29, 0.717) is 24.1 Å². The van der Waals surface area contributed by atoms with E-state index < -0.39 is 11.9 Å². The molecule has 0 atom stereocenters. The van der Waals surface area contributed by atoms with E-state index in [-0.39, 0.29) is 6.54 Å². The van der Waals surface area contributed by atoms with Crippen LogP contribution in [-0.2, 0) is 19.3 Å². The zero-order chi connectivity index (χ0) is 21.6. The molecule has 2 heterocycles. The third kappa shape index (κ3) is 6.35. The molecule has 0 unspecified atom stereocenters. The second-order valence-corrected chi connectivity index (χ2v) is 8.45. The highest BCUT2D eigenvalue weighted by atomic mass is 32.1. The van der Waals surface area contributed by atoms with Crippen LogP contribution in [0.3, 0.4) is 0 Å². The Morgan fingerprint density at radius 1 is 1.20 bits per heavy atom. The Kier molecular flexibility index (Phi) is 7.58. The molecule has 1 aliphatic rings. The number of alkyl halides is 3. The molecule has 2 aromatic rings. The van der Waals surface area contributed by atoms with Crippen molar-refractivity contribution in [3.8, 4) is 0 Å². The maximum absolute atomic E-state index is 12.7. The lowest BCUT2D eigenvalue weighted by Gasteiger charge is -2.32. The fourth-order valence-corrected chi connectivity index (χ4v) is 4.01. The molecule has 1 aliphatic heterocycles. The second kappa shape index (κ2) is 10.1. The fourth-order valence-electron chi connectivity index (χ4n) is 3.27. The predicted octanol–water partition coefficient (Wildman–Crippen LogP) is 4.65. The van der Waals surface area contributed by atoms with Gasteiger partial charge in [-0.05, 0) is 43.4 Å². The predicted molar refractivity (Wildman–Crippen MR) is 116 cm³/mol. The summed E-state index contributed by atoms with van der Waals surface area (Å²) in [4.78, 5) is 10.6. The third-order valence-electron chi connectivity index (χ3n) is 5.10. The largest absolute Gasteiger partial charge is 0.434 e. The van der Waals surface area contributed by atoms with Gasteiger partial charge in [-0.1, -0.05) is 19.1 Å². The van der Waals surface area contributed by atoms with E-state index in [2.05, 4.69) is 56.7 Å². The number of piperidine rings is 1. The van der Waals surface area contributed by atoms with Gasteiger partial charge in [0.15, 0.2) is 11.7 Å². The van der Waals surface area contributed by atoms with E-state index in [1.54, 1.807) is 0 Å². The van der Waals surface area contributed by atoms with Crippen molar-refractivity contribution in [2.45, 2.75) is 46.0 Å². The molecule has 0 saturated carbocycles. The molecule has 0 spiro atoms. The lowest BCUT2D eigenvalue weighted by atomic mass is 9.99. The molecule has 5 nitrogen and oxygen atoms in total. The molecular weight excluding hydrogens is 411 g/mol. The Bertz CT molecular complexity index is 824. The van der Waals surface area contributed by atoms with Gasteiger partial charge in [0.25, 0.3) is 0 Å². The van der Waals surface area contributed by atoms with Crippen LogP contribution in [0.2, 0.25) is 0 Å². The highest BCUT2D eigenvalue weighted by molar-refractivity contribution is 7.09. The number of guanidine groups is 1. The number of nitrogens with one attached hydrogen (secondary N) is 2. The van der Waals surface area contributed by atoms with Gasteiger partial charge in [0.05, 0.1) is 13.1 Å². The SMILES string of the molecule is CCNC(=NCc1ccc(N2CCC(C)CC2)cc1)NCc1nc(C(F)(F)F)cs1. The molecule has 0 radical (unpaired) electrons. The van der Waals surface area contributed by atoms with Crippen molar-refractivity contribution in [1.82, 2.24) is 15.6 Å². The summed E-state index contributed by atoms with van der Waals surface area (Å²) in [5.41, 5.74) is 1.47. The quantitative estimate of drug-likeness (QED) is 0.508. The van der Waals surface area contributed by atoms with Crippen LogP contribution in [-0.4, -0.2) is 30.6 Å². The van der Waals surface area contributed by atoms with Crippen molar-refractivity contribution >= 4 is 23.0 Å². The normalized spacial score (nSPS) is 16.0. The van der Waals surface area contributed by atoms with Gasteiger partial charge in [-0.25, -0.2) is 9.98 Å². The Morgan fingerprint density at radius 3 is 2.50 bits per heavy atom. The Labute approximate surface area is 179 Å². The number of hydrogen-bond acceptors (Lipinski definition) is 4. The summed E-state index contributed by atoms with van der Waals surface area (Å²) >= 11 is 0.985. The topological polar surface area (TPSA) is 52.6 Å². The van der Waals surface area contributed by atoms with Gasteiger partial charge in [-0.2, -0.15) is 13.2 Å². The van der Waals surface area contributed by atoms with E-state index in [0.717, 1.165) is 41.3 Å². The van der Waals surface area contributed by atoms with E-state index >= 15 is 0 Å². The Balaban J connectivity index is 1.55. The minimum Gasteiger partial charge on any atom is -0.372 e. The first kappa shape index (κ1) is 22.4. The average molecular weight is 440 g/mol. The molecule has 1 aromatic heterocycles. The van der Waals surface area contributed by atoms with Crippen LogP contribution >= 0.6 is 11.3 Å². The summed E-state index contributed by atoms with van der Waals surface area (Å²) in [5.74, 6) is 1.35. The number of nitrogens with zero attached hydrogens (tertiary/aromatic N) is 3. The summed E-state index contributed by atoms with van der Waals surface area (Å²) in [6.45, 7) is 7.77. The van der Waals surface area contributed by atoms with Gasteiger partial charge in [-0.3, -0.25) is 0 Å². The highest BCUT2D eigenvalue weighted by Crippen LogP contribution is 2.30. The average Bonchev–Trinajstić information content (AvgIpc) is 3.21. The van der Waals surface area contributed by atoms with Gasteiger partial charge in [0.1, 0.15) is 5.01 Å². The first-order chi connectivity index (χ1) is 14.3. The van der Waals surface area contributed by atoms with E-state index in [9.17, 15) is 13.2 Å². The summed E-state index contributed by atoms with van der Waals surface area (Å²) in [6, 6.07) is 8.43. The van der Waals surface area contributed by atoms with Crippen LogP contribution in [0, 0.1) is 5.92 Å². The van der Waals surface area contributed by atoms with Gasteiger partial charge >= 0.3 is 6.18 Å². The van der Waals surface area contributed by atoms with Gasteiger partial charge in [0, 0.05) is 30.7 Å².